The van der Waals surface area contributed by atoms with Crippen molar-refractivity contribution in [3.8, 4) is 28.4 Å². The standard InChI is InChI=1S/C29H34FN7O2/c1-5-16-10-26(38)21(30)11-20(16)17-7-8-19-22(9-17)33-34-27(19)28-31-23-12-25(36(6-2)15-24(23)32-28)29(39)37-13-18(14-37)35(3)4/h7-11,18,25,38H,5-6,12-15H2,1-4H3,(H,31,32)(H,33,34)/t25-/m1/s1. The summed E-state index contributed by atoms with van der Waals surface area (Å²) in [5.74, 6) is -0.126. The Hall–Kier alpha value is -3.76. The van der Waals surface area contributed by atoms with Gasteiger partial charge in [0, 0.05) is 37.5 Å². The van der Waals surface area contributed by atoms with Gasteiger partial charge >= 0.3 is 0 Å². The number of benzene rings is 2. The number of phenolic OH excluding ortho intramolecular Hbond substituents is 1. The van der Waals surface area contributed by atoms with Crippen LogP contribution < -0.4 is 0 Å². The molecule has 2 aliphatic rings. The summed E-state index contributed by atoms with van der Waals surface area (Å²) in [7, 11) is 4.11. The Morgan fingerprint density at radius 2 is 2.00 bits per heavy atom. The van der Waals surface area contributed by atoms with Gasteiger partial charge in [0.15, 0.2) is 17.4 Å². The quantitative estimate of drug-likeness (QED) is 0.352. The molecule has 1 fully saturated rings. The summed E-state index contributed by atoms with van der Waals surface area (Å²) in [5.41, 5.74) is 5.91. The summed E-state index contributed by atoms with van der Waals surface area (Å²) in [6.07, 6.45) is 1.24. The van der Waals surface area contributed by atoms with E-state index in [1.165, 1.54) is 12.1 Å². The molecule has 6 rings (SSSR count). The number of fused-ring (bicyclic) bond motifs is 2. The van der Waals surface area contributed by atoms with E-state index in [1.54, 1.807) is 0 Å². The van der Waals surface area contributed by atoms with Crippen LogP contribution >= 0.6 is 0 Å². The molecule has 3 N–H and O–H groups in total. The number of rotatable bonds is 6. The molecule has 0 unspecified atom stereocenters. The lowest BCUT2D eigenvalue weighted by Crippen LogP contribution is -2.63. The van der Waals surface area contributed by atoms with E-state index in [9.17, 15) is 14.3 Å². The highest BCUT2D eigenvalue weighted by Crippen LogP contribution is 2.34. The first-order valence-corrected chi connectivity index (χ1v) is 13.5. The summed E-state index contributed by atoms with van der Waals surface area (Å²) < 4.78 is 14.2. The number of aromatic amines is 2. The maximum Gasteiger partial charge on any atom is 0.240 e. The molecule has 10 heteroatoms. The van der Waals surface area contributed by atoms with Gasteiger partial charge in [-0.2, -0.15) is 5.10 Å². The summed E-state index contributed by atoms with van der Waals surface area (Å²) in [6.45, 7) is 7.03. The molecule has 4 heterocycles. The predicted molar refractivity (Wildman–Crippen MR) is 148 cm³/mol. The Labute approximate surface area is 226 Å². The van der Waals surface area contributed by atoms with E-state index in [2.05, 4.69) is 46.0 Å². The molecule has 0 radical (unpaired) electrons. The average Bonchev–Trinajstić information content (AvgIpc) is 3.50. The van der Waals surface area contributed by atoms with Crippen LogP contribution in [0, 0.1) is 5.82 Å². The first kappa shape index (κ1) is 25.5. The fourth-order valence-corrected chi connectivity index (χ4v) is 5.77. The number of phenols is 1. The SMILES string of the molecule is CCc1cc(O)c(F)cc1-c1ccc2c(-c3nc4c([nH]3)CN(CC)[C@@H](C(=O)N3CC(N(C)C)C3)C4)n[nH]c2c1. The zero-order valence-electron chi connectivity index (χ0n) is 22.8. The second-order valence-corrected chi connectivity index (χ2v) is 10.8. The molecular weight excluding hydrogens is 497 g/mol. The third-order valence-electron chi connectivity index (χ3n) is 8.30. The Morgan fingerprint density at radius 3 is 2.72 bits per heavy atom. The van der Waals surface area contributed by atoms with Crippen molar-refractivity contribution in [2.45, 2.75) is 45.3 Å². The molecule has 2 aromatic carbocycles. The predicted octanol–water partition coefficient (Wildman–Crippen LogP) is 3.55. The van der Waals surface area contributed by atoms with E-state index >= 15 is 0 Å². The molecule has 1 atom stereocenters. The highest BCUT2D eigenvalue weighted by molar-refractivity contribution is 5.94. The molecule has 2 aromatic heterocycles. The van der Waals surface area contributed by atoms with Gasteiger partial charge < -0.3 is 19.9 Å². The summed E-state index contributed by atoms with van der Waals surface area (Å²) in [6, 6.07) is 8.93. The minimum atomic E-state index is -0.640. The van der Waals surface area contributed by atoms with Gasteiger partial charge in [-0.15, -0.1) is 0 Å². The number of aromatic nitrogens is 4. The minimum absolute atomic E-state index is 0.181. The lowest BCUT2D eigenvalue weighted by molar-refractivity contribution is -0.144. The topological polar surface area (TPSA) is 104 Å². The zero-order chi connectivity index (χ0) is 27.4. The third kappa shape index (κ3) is 4.37. The summed E-state index contributed by atoms with van der Waals surface area (Å²) in [5, 5.41) is 18.4. The van der Waals surface area contributed by atoms with Crippen LogP contribution in [-0.2, 0) is 24.2 Å². The molecule has 0 bridgehead atoms. The van der Waals surface area contributed by atoms with E-state index in [1.807, 2.05) is 30.0 Å². The number of halogens is 1. The van der Waals surface area contributed by atoms with Gasteiger partial charge in [0.05, 0.1) is 22.9 Å². The average molecular weight is 532 g/mol. The highest BCUT2D eigenvalue weighted by atomic mass is 19.1. The van der Waals surface area contributed by atoms with Gasteiger partial charge in [0.25, 0.3) is 0 Å². The van der Waals surface area contributed by atoms with E-state index in [4.69, 9.17) is 4.98 Å². The lowest BCUT2D eigenvalue weighted by Gasteiger charge is -2.46. The fraction of sp³-hybridized carbons (Fsp3) is 0.414. The van der Waals surface area contributed by atoms with Crippen molar-refractivity contribution in [3.63, 3.8) is 0 Å². The van der Waals surface area contributed by atoms with Crippen LogP contribution in [0.3, 0.4) is 0 Å². The van der Waals surface area contributed by atoms with Gasteiger partial charge in [-0.05, 0) is 68.0 Å². The number of likely N-dealkylation sites (N-methyl/N-ethyl adjacent to an activating group) is 2. The molecule has 1 saturated heterocycles. The summed E-state index contributed by atoms with van der Waals surface area (Å²) in [4.78, 5) is 28.1. The van der Waals surface area contributed by atoms with Crippen LogP contribution in [0.1, 0.15) is 30.8 Å². The molecule has 4 aromatic rings. The van der Waals surface area contributed by atoms with Crippen molar-refractivity contribution >= 4 is 16.8 Å². The fourth-order valence-electron chi connectivity index (χ4n) is 5.77. The number of amides is 1. The van der Waals surface area contributed by atoms with Crippen LogP contribution in [0.2, 0.25) is 0 Å². The van der Waals surface area contributed by atoms with E-state index in [0.717, 1.165) is 58.6 Å². The number of nitrogens with zero attached hydrogens (tertiary/aromatic N) is 5. The van der Waals surface area contributed by atoms with Crippen LogP contribution in [0.5, 0.6) is 5.75 Å². The number of imidazole rings is 1. The zero-order valence-corrected chi connectivity index (χ0v) is 22.8. The summed E-state index contributed by atoms with van der Waals surface area (Å²) >= 11 is 0. The van der Waals surface area contributed by atoms with Crippen molar-refractivity contribution < 1.29 is 14.3 Å². The molecule has 1 amide bonds. The minimum Gasteiger partial charge on any atom is -0.505 e. The monoisotopic (exact) mass is 531 g/mol. The van der Waals surface area contributed by atoms with Crippen molar-refractivity contribution in [3.05, 3.63) is 53.1 Å². The molecule has 2 aliphatic heterocycles. The number of likely N-dealkylation sites (tertiary alicyclic amines) is 1. The molecule has 204 valence electrons. The third-order valence-corrected chi connectivity index (χ3v) is 8.30. The maximum absolute atomic E-state index is 14.2. The Morgan fingerprint density at radius 1 is 1.21 bits per heavy atom. The Balaban J connectivity index is 1.27. The smallest absolute Gasteiger partial charge is 0.240 e. The second-order valence-electron chi connectivity index (χ2n) is 10.8. The molecule has 0 saturated carbocycles. The van der Waals surface area contributed by atoms with Crippen molar-refractivity contribution in [2.75, 3.05) is 33.7 Å². The van der Waals surface area contributed by atoms with E-state index < -0.39 is 5.82 Å². The number of aromatic hydroxyl groups is 1. The number of carbonyl (C=O) groups is 1. The molecule has 9 nitrogen and oxygen atoms in total. The number of nitrogens with one attached hydrogen (secondary N) is 2. The van der Waals surface area contributed by atoms with Crippen molar-refractivity contribution in [1.82, 2.24) is 34.9 Å². The van der Waals surface area contributed by atoms with Crippen molar-refractivity contribution in [2.24, 2.45) is 0 Å². The normalized spacial score (nSPS) is 18.1. The van der Waals surface area contributed by atoms with E-state index in [0.29, 0.717) is 36.9 Å². The van der Waals surface area contributed by atoms with Gasteiger partial charge in [-0.1, -0.05) is 19.9 Å². The molecular formula is C29H34FN7O2. The molecule has 0 spiro atoms. The van der Waals surface area contributed by atoms with Gasteiger partial charge in [-0.25, -0.2) is 9.37 Å². The number of hydrogen-bond donors (Lipinski definition) is 3. The first-order valence-electron chi connectivity index (χ1n) is 13.5. The lowest BCUT2D eigenvalue weighted by atomic mass is 9.96. The molecule has 0 aliphatic carbocycles. The number of H-pyrrole nitrogens is 2. The Kier molecular flexibility index (Phi) is 6.39. The van der Waals surface area contributed by atoms with Crippen LogP contribution in [0.15, 0.2) is 30.3 Å². The van der Waals surface area contributed by atoms with E-state index in [-0.39, 0.29) is 17.7 Å². The van der Waals surface area contributed by atoms with Gasteiger partial charge in [-0.3, -0.25) is 14.8 Å². The van der Waals surface area contributed by atoms with Crippen LogP contribution in [0.25, 0.3) is 33.5 Å². The van der Waals surface area contributed by atoms with Crippen LogP contribution in [0.4, 0.5) is 4.39 Å². The van der Waals surface area contributed by atoms with Crippen molar-refractivity contribution in [1.29, 1.82) is 0 Å². The second kappa shape index (κ2) is 9.77. The largest absolute Gasteiger partial charge is 0.505 e. The number of hydrogen-bond acceptors (Lipinski definition) is 6. The molecule has 39 heavy (non-hydrogen) atoms. The number of aryl methyl sites for hydroxylation is 1. The first-order chi connectivity index (χ1) is 18.8. The van der Waals surface area contributed by atoms with Crippen LogP contribution in [-0.4, -0.2) is 91.7 Å². The number of carbonyl (C=O) groups excluding carboxylic acids is 1. The van der Waals surface area contributed by atoms with Gasteiger partial charge in [0.1, 0.15) is 5.69 Å². The van der Waals surface area contributed by atoms with Gasteiger partial charge in [0.2, 0.25) is 5.91 Å². The highest BCUT2D eigenvalue weighted by Gasteiger charge is 2.40. The maximum atomic E-state index is 14.2. The Bertz CT molecular complexity index is 1550.